The molecule has 9 heteroatoms. The van der Waals surface area contributed by atoms with E-state index in [9.17, 15) is 13.2 Å². The van der Waals surface area contributed by atoms with Crippen molar-refractivity contribution < 1.29 is 17.9 Å². The molecule has 23 heavy (non-hydrogen) atoms. The van der Waals surface area contributed by atoms with Gasteiger partial charge in [-0.1, -0.05) is 12.1 Å². The summed E-state index contributed by atoms with van der Waals surface area (Å²) < 4.78 is 31.1. The van der Waals surface area contributed by atoms with E-state index in [0.29, 0.717) is 32.5 Å². The summed E-state index contributed by atoms with van der Waals surface area (Å²) in [6.07, 6.45) is 1.04. The van der Waals surface area contributed by atoms with E-state index in [4.69, 9.17) is 10.5 Å². The summed E-state index contributed by atoms with van der Waals surface area (Å²) in [5.41, 5.74) is 6.16. The Balaban J connectivity index is 0.00000484. The number of rotatable bonds is 10. The molecule has 132 valence electrons. The van der Waals surface area contributed by atoms with Gasteiger partial charge in [-0.2, -0.15) is 0 Å². The Morgan fingerprint density at radius 3 is 2.48 bits per heavy atom. The molecule has 4 N–H and O–H groups in total. The molecule has 7 nitrogen and oxygen atoms in total. The van der Waals surface area contributed by atoms with E-state index in [-0.39, 0.29) is 29.8 Å². The van der Waals surface area contributed by atoms with Crippen molar-refractivity contribution in [3.8, 4) is 0 Å². The average molecular weight is 366 g/mol. The number of nitrogens with one attached hydrogen (secondary N) is 2. The van der Waals surface area contributed by atoms with Crippen LogP contribution in [0.15, 0.2) is 29.2 Å². The zero-order valence-electron chi connectivity index (χ0n) is 13.1. The standard InChI is InChI=1S/C14H23N3O4S.ClH/c1-21-10-9-17-22(19,20)13-6-4-12(5-7-13)11-16-14(18)3-2-8-15;/h4-7,17H,2-3,8-11,15H2,1H3,(H,16,18);1H. The first-order valence-corrected chi connectivity index (χ1v) is 8.52. The smallest absolute Gasteiger partial charge is 0.240 e. The van der Waals surface area contributed by atoms with E-state index in [2.05, 4.69) is 10.0 Å². The van der Waals surface area contributed by atoms with Gasteiger partial charge in [-0.05, 0) is 30.7 Å². The minimum Gasteiger partial charge on any atom is -0.383 e. The van der Waals surface area contributed by atoms with E-state index >= 15 is 0 Å². The van der Waals surface area contributed by atoms with Gasteiger partial charge < -0.3 is 15.8 Å². The number of sulfonamides is 1. The molecule has 0 radical (unpaired) electrons. The minimum absolute atomic E-state index is 0. The fourth-order valence-corrected chi connectivity index (χ4v) is 2.71. The zero-order chi connectivity index (χ0) is 16.4. The van der Waals surface area contributed by atoms with Crippen LogP contribution in [0.2, 0.25) is 0 Å². The quantitative estimate of drug-likeness (QED) is 0.519. The van der Waals surface area contributed by atoms with Crippen LogP contribution in [0.1, 0.15) is 18.4 Å². The highest BCUT2D eigenvalue weighted by molar-refractivity contribution is 7.89. The molecular formula is C14H24ClN3O4S. The van der Waals surface area contributed by atoms with Crippen molar-refractivity contribution in [1.29, 1.82) is 0 Å². The lowest BCUT2D eigenvalue weighted by Gasteiger charge is -2.08. The molecule has 0 spiro atoms. The van der Waals surface area contributed by atoms with E-state index < -0.39 is 10.0 Å². The summed E-state index contributed by atoms with van der Waals surface area (Å²) in [4.78, 5) is 11.6. The maximum atomic E-state index is 12.0. The highest BCUT2D eigenvalue weighted by Gasteiger charge is 2.12. The molecule has 0 atom stereocenters. The van der Waals surface area contributed by atoms with Crippen LogP contribution in [0.5, 0.6) is 0 Å². The fraction of sp³-hybridized carbons (Fsp3) is 0.500. The van der Waals surface area contributed by atoms with E-state index in [1.54, 1.807) is 12.1 Å². The fourth-order valence-electron chi connectivity index (χ4n) is 1.70. The number of ether oxygens (including phenoxy) is 1. The summed E-state index contributed by atoms with van der Waals surface area (Å²) in [5.74, 6) is -0.0663. The van der Waals surface area contributed by atoms with Crippen molar-refractivity contribution in [2.24, 2.45) is 5.73 Å². The number of hydrogen-bond acceptors (Lipinski definition) is 5. The summed E-state index contributed by atoms with van der Waals surface area (Å²) in [7, 11) is -2.02. The summed E-state index contributed by atoms with van der Waals surface area (Å²) in [6, 6.07) is 6.37. The van der Waals surface area contributed by atoms with Crippen LogP contribution >= 0.6 is 12.4 Å². The molecular weight excluding hydrogens is 342 g/mol. The van der Waals surface area contributed by atoms with Crippen LogP contribution < -0.4 is 15.8 Å². The lowest BCUT2D eigenvalue weighted by molar-refractivity contribution is -0.121. The van der Waals surface area contributed by atoms with Gasteiger partial charge in [0.05, 0.1) is 11.5 Å². The Labute approximate surface area is 143 Å². The van der Waals surface area contributed by atoms with Crippen molar-refractivity contribution in [3.05, 3.63) is 29.8 Å². The lowest BCUT2D eigenvalue weighted by atomic mass is 10.2. The van der Waals surface area contributed by atoms with Crippen LogP contribution in [-0.2, 0) is 26.1 Å². The summed E-state index contributed by atoms with van der Waals surface area (Å²) in [6.45, 7) is 1.38. The van der Waals surface area contributed by atoms with Gasteiger partial charge >= 0.3 is 0 Å². The first-order chi connectivity index (χ1) is 10.5. The van der Waals surface area contributed by atoms with E-state index in [1.807, 2.05) is 0 Å². The lowest BCUT2D eigenvalue weighted by Crippen LogP contribution is -2.27. The number of halogens is 1. The molecule has 0 saturated carbocycles. The first kappa shape index (κ1) is 21.8. The monoisotopic (exact) mass is 365 g/mol. The number of carbonyl (C=O) groups is 1. The Hall–Kier alpha value is -1.19. The second-order valence-electron chi connectivity index (χ2n) is 4.70. The Morgan fingerprint density at radius 2 is 1.91 bits per heavy atom. The van der Waals surface area contributed by atoms with Crippen molar-refractivity contribution in [3.63, 3.8) is 0 Å². The molecule has 0 saturated heterocycles. The number of carbonyl (C=O) groups excluding carboxylic acids is 1. The molecule has 0 aliphatic heterocycles. The highest BCUT2D eigenvalue weighted by atomic mass is 35.5. The Bertz CT molecular complexity index is 564. The van der Waals surface area contributed by atoms with Crippen molar-refractivity contribution in [2.45, 2.75) is 24.3 Å². The number of hydrogen-bond donors (Lipinski definition) is 3. The number of nitrogens with two attached hydrogens (primary N) is 1. The van der Waals surface area contributed by atoms with Gasteiger partial charge in [0.25, 0.3) is 0 Å². The van der Waals surface area contributed by atoms with Gasteiger partial charge in [0.2, 0.25) is 15.9 Å². The van der Waals surface area contributed by atoms with Gasteiger partial charge in [-0.25, -0.2) is 13.1 Å². The van der Waals surface area contributed by atoms with Crippen molar-refractivity contribution in [1.82, 2.24) is 10.0 Å². The molecule has 1 amide bonds. The maximum Gasteiger partial charge on any atom is 0.240 e. The molecule has 0 bridgehead atoms. The van der Waals surface area contributed by atoms with Gasteiger partial charge in [0.15, 0.2) is 0 Å². The SMILES string of the molecule is COCCNS(=O)(=O)c1ccc(CNC(=O)CCCN)cc1.Cl. The highest BCUT2D eigenvalue weighted by Crippen LogP contribution is 2.10. The predicted octanol–water partition coefficient (Wildman–Crippen LogP) is 0.388. The third kappa shape index (κ3) is 8.29. The summed E-state index contributed by atoms with van der Waals surface area (Å²) in [5, 5.41) is 2.76. The minimum atomic E-state index is -3.52. The summed E-state index contributed by atoms with van der Waals surface area (Å²) >= 11 is 0. The van der Waals surface area contributed by atoms with Gasteiger partial charge in [0, 0.05) is 26.6 Å². The van der Waals surface area contributed by atoms with Crippen LogP contribution in [0.3, 0.4) is 0 Å². The van der Waals surface area contributed by atoms with Crippen molar-refractivity contribution in [2.75, 3.05) is 26.8 Å². The molecule has 1 aromatic carbocycles. The van der Waals surface area contributed by atoms with Gasteiger partial charge in [0.1, 0.15) is 0 Å². The molecule has 0 aliphatic carbocycles. The second kappa shape index (κ2) is 11.4. The number of benzene rings is 1. The predicted molar refractivity (Wildman–Crippen MR) is 90.9 cm³/mol. The zero-order valence-corrected chi connectivity index (χ0v) is 14.7. The molecule has 0 aliphatic rings. The van der Waals surface area contributed by atoms with Crippen molar-refractivity contribution >= 4 is 28.3 Å². The Morgan fingerprint density at radius 1 is 1.26 bits per heavy atom. The topological polar surface area (TPSA) is 111 Å². The van der Waals surface area contributed by atoms with E-state index in [0.717, 1.165) is 5.56 Å². The van der Waals surface area contributed by atoms with Crippen LogP contribution in [-0.4, -0.2) is 41.1 Å². The van der Waals surface area contributed by atoms with Crippen LogP contribution in [0.25, 0.3) is 0 Å². The number of amides is 1. The molecule has 1 aromatic rings. The van der Waals surface area contributed by atoms with Gasteiger partial charge in [-0.15, -0.1) is 12.4 Å². The van der Waals surface area contributed by atoms with Crippen LogP contribution in [0.4, 0.5) is 0 Å². The van der Waals surface area contributed by atoms with Crippen LogP contribution in [0, 0.1) is 0 Å². The molecule has 0 heterocycles. The third-order valence-electron chi connectivity index (χ3n) is 2.93. The largest absolute Gasteiger partial charge is 0.383 e. The normalized spacial score (nSPS) is 10.9. The maximum absolute atomic E-state index is 12.0. The third-order valence-corrected chi connectivity index (χ3v) is 4.41. The van der Waals surface area contributed by atoms with E-state index in [1.165, 1.54) is 19.2 Å². The number of methoxy groups -OCH3 is 1. The molecule has 0 unspecified atom stereocenters. The molecule has 0 fully saturated rings. The molecule has 1 rings (SSSR count). The average Bonchev–Trinajstić information content (AvgIpc) is 2.51. The molecule has 0 aromatic heterocycles. The second-order valence-corrected chi connectivity index (χ2v) is 6.47. The first-order valence-electron chi connectivity index (χ1n) is 7.04. The Kier molecular flexibility index (Phi) is 10.8. The van der Waals surface area contributed by atoms with Gasteiger partial charge in [-0.3, -0.25) is 4.79 Å².